The first-order chi connectivity index (χ1) is 12.4. The third kappa shape index (κ3) is 4.07. The standard InChI is InChI=1S/C18H22N2O5S/c1-4-9-19-15(21)11(2)25-18(24)14(10-26-3)20-16(22)12-7-5-6-8-13(12)17(20)23/h5-8,11,14H,4,9-10H2,1-3H3,(H,19,21)/t11-,14+/m0/s1. The fourth-order valence-corrected chi connectivity index (χ4v) is 3.20. The molecule has 0 radical (unpaired) electrons. The lowest BCUT2D eigenvalue weighted by atomic mass is 10.1. The molecule has 1 aliphatic rings. The molecule has 2 atom stereocenters. The van der Waals surface area contributed by atoms with E-state index in [1.165, 1.54) is 18.7 Å². The molecule has 3 amide bonds. The summed E-state index contributed by atoms with van der Waals surface area (Å²) in [5.41, 5.74) is 0.537. The highest BCUT2D eigenvalue weighted by Gasteiger charge is 2.43. The van der Waals surface area contributed by atoms with Gasteiger partial charge in [0.05, 0.1) is 11.1 Å². The molecule has 0 fully saturated rings. The van der Waals surface area contributed by atoms with Crippen LogP contribution in [0.15, 0.2) is 24.3 Å². The van der Waals surface area contributed by atoms with Crippen LogP contribution >= 0.6 is 11.8 Å². The summed E-state index contributed by atoms with van der Waals surface area (Å²) in [6, 6.07) is 5.35. The highest BCUT2D eigenvalue weighted by atomic mass is 32.2. The van der Waals surface area contributed by atoms with Crippen LogP contribution in [0.1, 0.15) is 41.0 Å². The van der Waals surface area contributed by atoms with Crippen LogP contribution in [0.25, 0.3) is 0 Å². The Morgan fingerprint density at radius 1 is 1.19 bits per heavy atom. The van der Waals surface area contributed by atoms with E-state index >= 15 is 0 Å². The van der Waals surface area contributed by atoms with Crippen molar-refractivity contribution in [2.45, 2.75) is 32.4 Å². The fourth-order valence-electron chi connectivity index (χ4n) is 2.60. The van der Waals surface area contributed by atoms with Crippen LogP contribution in [0.5, 0.6) is 0 Å². The number of imide groups is 1. The first-order valence-electron chi connectivity index (χ1n) is 8.36. The van der Waals surface area contributed by atoms with Crippen molar-refractivity contribution in [2.24, 2.45) is 0 Å². The Bertz CT molecular complexity index is 686. The number of nitrogens with zero attached hydrogens (tertiary/aromatic N) is 1. The van der Waals surface area contributed by atoms with Gasteiger partial charge in [-0.15, -0.1) is 0 Å². The van der Waals surface area contributed by atoms with Crippen molar-refractivity contribution >= 4 is 35.5 Å². The lowest BCUT2D eigenvalue weighted by molar-refractivity contribution is -0.157. The number of hydrogen-bond donors (Lipinski definition) is 1. The van der Waals surface area contributed by atoms with Gasteiger partial charge in [-0.2, -0.15) is 11.8 Å². The van der Waals surface area contributed by atoms with Crippen LogP contribution in [-0.2, 0) is 14.3 Å². The third-order valence-corrected chi connectivity index (χ3v) is 4.59. The van der Waals surface area contributed by atoms with E-state index in [-0.39, 0.29) is 16.9 Å². The summed E-state index contributed by atoms with van der Waals surface area (Å²) in [5, 5.41) is 2.64. The molecule has 0 spiro atoms. The van der Waals surface area contributed by atoms with Crippen molar-refractivity contribution in [2.75, 3.05) is 18.6 Å². The van der Waals surface area contributed by atoms with Gasteiger partial charge in [0.25, 0.3) is 17.7 Å². The van der Waals surface area contributed by atoms with Gasteiger partial charge in [0, 0.05) is 12.3 Å². The molecule has 1 heterocycles. The van der Waals surface area contributed by atoms with Crippen LogP contribution in [0, 0.1) is 0 Å². The number of amides is 3. The van der Waals surface area contributed by atoms with Gasteiger partial charge in [0.15, 0.2) is 6.10 Å². The maximum atomic E-state index is 12.6. The van der Waals surface area contributed by atoms with E-state index in [4.69, 9.17) is 4.74 Å². The first-order valence-corrected chi connectivity index (χ1v) is 9.75. The Kier molecular flexibility index (Phi) is 6.79. The molecule has 1 N–H and O–H groups in total. The SMILES string of the molecule is CCCNC(=O)[C@H](C)OC(=O)[C@@H](CSC)N1C(=O)c2ccccc2C1=O. The second-order valence-corrected chi connectivity index (χ2v) is 6.78. The Morgan fingerprint density at radius 3 is 2.27 bits per heavy atom. The zero-order valence-corrected chi connectivity index (χ0v) is 15.8. The Balaban J connectivity index is 2.16. The fraction of sp³-hybridized carbons (Fsp3) is 0.444. The number of carbonyl (C=O) groups is 4. The van der Waals surface area contributed by atoms with E-state index in [1.54, 1.807) is 30.5 Å². The van der Waals surface area contributed by atoms with Gasteiger partial charge in [-0.3, -0.25) is 19.3 Å². The molecule has 8 heteroatoms. The van der Waals surface area contributed by atoms with E-state index in [0.29, 0.717) is 6.54 Å². The van der Waals surface area contributed by atoms with Crippen molar-refractivity contribution < 1.29 is 23.9 Å². The van der Waals surface area contributed by atoms with Crippen LogP contribution in [0.4, 0.5) is 0 Å². The molecule has 0 aromatic heterocycles. The molecule has 26 heavy (non-hydrogen) atoms. The zero-order valence-electron chi connectivity index (χ0n) is 15.0. The maximum absolute atomic E-state index is 12.6. The van der Waals surface area contributed by atoms with Crippen LogP contribution in [-0.4, -0.2) is 59.3 Å². The van der Waals surface area contributed by atoms with E-state index in [0.717, 1.165) is 11.3 Å². The number of nitrogens with one attached hydrogen (secondary N) is 1. The summed E-state index contributed by atoms with van der Waals surface area (Å²) < 4.78 is 5.22. The molecule has 7 nitrogen and oxygen atoms in total. The summed E-state index contributed by atoms with van der Waals surface area (Å²) in [7, 11) is 0. The summed E-state index contributed by atoms with van der Waals surface area (Å²) in [6.07, 6.45) is 1.51. The Morgan fingerprint density at radius 2 is 1.77 bits per heavy atom. The summed E-state index contributed by atoms with van der Waals surface area (Å²) in [6.45, 7) is 3.85. The molecule has 140 valence electrons. The van der Waals surface area contributed by atoms with Gasteiger partial charge in [-0.1, -0.05) is 19.1 Å². The summed E-state index contributed by atoms with van der Waals surface area (Å²) in [5.74, 6) is -2.04. The van der Waals surface area contributed by atoms with Crippen molar-refractivity contribution in [1.29, 1.82) is 0 Å². The van der Waals surface area contributed by atoms with Gasteiger partial charge in [-0.25, -0.2) is 4.79 Å². The summed E-state index contributed by atoms with van der Waals surface area (Å²) >= 11 is 1.31. The van der Waals surface area contributed by atoms with Crippen molar-refractivity contribution in [3.63, 3.8) is 0 Å². The average molecular weight is 378 g/mol. The Hall–Kier alpha value is -2.35. The van der Waals surface area contributed by atoms with Crippen LogP contribution < -0.4 is 5.32 Å². The van der Waals surface area contributed by atoms with Crippen LogP contribution in [0.3, 0.4) is 0 Å². The number of esters is 1. The zero-order chi connectivity index (χ0) is 19.3. The minimum absolute atomic E-state index is 0.188. The second kappa shape index (κ2) is 8.84. The lowest BCUT2D eigenvalue weighted by Crippen LogP contribution is -2.49. The normalized spacial score (nSPS) is 15.4. The summed E-state index contributed by atoms with van der Waals surface area (Å²) in [4.78, 5) is 50.6. The number of carbonyl (C=O) groups excluding carboxylic acids is 4. The minimum atomic E-state index is -1.08. The van der Waals surface area contributed by atoms with Gasteiger partial charge in [0.1, 0.15) is 6.04 Å². The molecule has 0 saturated heterocycles. The van der Waals surface area contributed by atoms with Crippen LogP contribution in [0.2, 0.25) is 0 Å². The number of hydrogen-bond acceptors (Lipinski definition) is 6. The molecule has 0 bridgehead atoms. The molecule has 1 aromatic rings. The van der Waals surface area contributed by atoms with E-state index in [2.05, 4.69) is 5.32 Å². The highest BCUT2D eigenvalue weighted by Crippen LogP contribution is 2.26. The first kappa shape index (κ1) is 20.0. The maximum Gasteiger partial charge on any atom is 0.331 e. The second-order valence-electron chi connectivity index (χ2n) is 5.87. The Labute approximate surface area is 156 Å². The molecular weight excluding hydrogens is 356 g/mol. The average Bonchev–Trinajstić information content (AvgIpc) is 2.88. The molecule has 1 aromatic carbocycles. The van der Waals surface area contributed by atoms with Crippen molar-refractivity contribution in [3.8, 4) is 0 Å². The predicted octanol–water partition coefficient (Wildman–Crippen LogP) is 1.47. The highest BCUT2D eigenvalue weighted by molar-refractivity contribution is 7.98. The topological polar surface area (TPSA) is 92.8 Å². The van der Waals surface area contributed by atoms with E-state index < -0.39 is 35.8 Å². The molecule has 1 aliphatic heterocycles. The molecular formula is C18H22N2O5S. The quantitative estimate of drug-likeness (QED) is 0.544. The third-order valence-electron chi connectivity index (χ3n) is 3.95. The number of fused-ring (bicyclic) bond motifs is 1. The molecule has 0 saturated carbocycles. The molecule has 2 rings (SSSR count). The molecule has 0 unspecified atom stereocenters. The number of rotatable bonds is 8. The lowest BCUT2D eigenvalue weighted by Gasteiger charge is -2.25. The smallest absolute Gasteiger partial charge is 0.331 e. The van der Waals surface area contributed by atoms with E-state index in [1.807, 2.05) is 6.92 Å². The van der Waals surface area contributed by atoms with Crippen molar-refractivity contribution in [1.82, 2.24) is 10.2 Å². The van der Waals surface area contributed by atoms with Gasteiger partial charge in [-0.05, 0) is 31.7 Å². The monoisotopic (exact) mass is 378 g/mol. The van der Waals surface area contributed by atoms with Gasteiger partial charge in [0.2, 0.25) is 0 Å². The predicted molar refractivity (Wildman–Crippen MR) is 98.0 cm³/mol. The minimum Gasteiger partial charge on any atom is -0.451 e. The largest absolute Gasteiger partial charge is 0.451 e. The van der Waals surface area contributed by atoms with Gasteiger partial charge < -0.3 is 10.1 Å². The molecule has 0 aliphatic carbocycles. The van der Waals surface area contributed by atoms with Gasteiger partial charge >= 0.3 is 5.97 Å². The van der Waals surface area contributed by atoms with Crippen molar-refractivity contribution in [3.05, 3.63) is 35.4 Å². The number of thioether (sulfide) groups is 1. The number of benzene rings is 1. The van der Waals surface area contributed by atoms with E-state index in [9.17, 15) is 19.2 Å². The number of ether oxygens (including phenoxy) is 1.